The van der Waals surface area contributed by atoms with E-state index in [1.165, 1.54) is 26.2 Å². The molecule has 1 aromatic heterocycles. The number of hydrogen-bond donors (Lipinski definition) is 3. The van der Waals surface area contributed by atoms with Crippen molar-refractivity contribution in [2.24, 2.45) is 0 Å². The van der Waals surface area contributed by atoms with Gasteiger partial charge in [-0.15, -0.1) is 0 Å². The molecule has 1 aliphatic heterocycles. The molecule has 4 atom stereocenters. The molecular formula is C19H23NO8. The van der Waals surface area contributed by atoms with Crippen LogP contribution in [0, 0.1) is 0 Å². The molecule has 1 aromatic carbocycles. The van der Waals surface area contributed by atoms with Crippen LogP contribution < -0.4 is 15.7 Å². The lowest BCUT2D eigenvalue weighted by molar-refractivity contribution is -0.305. The highest BCUT2D eigenvalue weighted by Gasteiger charge is 2.50. The Bertz CT molecular complexity index is 937. The lowest BCUT2D eigenvalue weighted by Crippen LogP contribution is -2.63. The highest BCUT2D eigenvalue weighted by molar-refractivity contribution is 5.91. The summed E-state index contributed by atoms with van der Waals surface area (Å²) < 4.78 is 21.9. The standard InChI is InChI=1S/C19H23NO8/c1-9(21)20-12-7-10-5-6-11(8-13(10)27-17(12)24)26-18-15(23)14(22)16(25-4)19(2,3)28-18/h5-8,14-16,18,22-23H,1-4H3,(H,20,21)/t14?,15?,16-,18-/m1/s1. The first-order valence-electron chi connectivity index (χ1n) is 8.71. The number of anilines is 1. The fourth-order valence-corrected chi connectivity index (χ4v) is 3.28. The van der Waals surface area contributed by atoms with Crippen molar-refractivity contribution in [2.75, 3.05) is 12.4 Å². The van der Waals surface area contributed by atoms with Crippen LogP contribution in [0.4, 0.5) is 5.69 Å². The van der Waals surface area contributed by atoms with Crippen molar-refractivity contribution in [3.63, 3.8) is 0 Å². The Balaban J connectivity index is 1.86. The third-order valence-corrected chi connectivity index (χ3v) is 4.57. The van der Waals surface area contributed by atoms with Crippen LogP contribution in [0.5, 0.6) is 5.75 Å². The van der Waals surface area contributed by atoms with Crippen molar-refractivity contribution < 1.29 is 33.6 Å². The van der Waals surface area contributed by atoms with E-state index in [9.17, 15) is 19.8 Å². The molecule has 2 aromatic rings. The Kier molecular flexibility index (Phi) is 5.44. The van der Waals surface area contributed by atoms with Crippen molar-refractivity contribution in [3.8, 4) is 5.75 Å². The average molecular weight is 393 g/mol. The maximum absolute atomic E-state index is 12.0. The molecule has 9 nitrogen and oxygen atoms in total. The van der Waals surface area contributed by atoms with Gasteiger partial charge in [-0.3, -0.25) is 4.79 Å². The molecule has 1 fully saturated rings. The van der Waals surface area contributed by atoms with Crippen molar-refractivity contribution in [2.45, 2.75) is 51.0 Å². The number of ether oxygens (including phenoxy) is 3. The summed E-state index contributed by atoms with van der Waals surface area (Å²) in [6.07, 6.45) is -4.44. The molecule has 0 spiro atoms. The maximum atomic E-state index is 12.0. The molecule has 152 valence electrons. The van der Waals surface area contributed by atoms with Gasteiger partial charge in [0.2, 0.25) is 12.2 Å². The molecule has 2 heterocycles. The number of aliphatic hydroxyl groups is 2. The van der Waals surface area contributed by atoms with Gasteiger partial charge in [0.15, 0.2) is 0 Å². The molecule has 28 heavy (non-hydrogen) atoms. The van der Waals surface area contributed by atoms with E-state index in [0.29, 0.717) is 5.39 Å². The van der Waals surface area contributed by atoms with Crippen LogP contribution in [0.1, 0.15) is 20.8 Å². The molecule has 0 saturated carbocycles. The number of carbonyl (C=O) groups excluding carboxylic acids is 1. The van der Waals surface area contributed by atoms with Crippen LogP contribution in [-0.2, 0) is 14.3 Å². The van der Waals surface area contributed by atoms with Crippen molar-refractivity contribution >= 4 is 22.6 Å². The first kappa shape index (κ1) is 20.3. The minimum absolute atomic E-state index is 0.0372. The molecule has 0 bridgehead atoms. The molecule has 1 saturated heterocycles. The van der Waals surface area contributed by atoms with Crippen LogP contribution in [0.2, 0.25) is 0 Å². The number of fused-ring (bicyclic) bond motifs is 1. The van der Waals surface area contributed by atoms with Gasteiger partial charge >= 0.3 is 5.63 Å². The normalized spacial score (nSPS) is 26.8. The quantitative estimate of drug-likeness (QED) is 0.657. The predicted molar refractivity (Wildman–Crippen MR) is 99.2 cm³/mol. The molecule has 1 aliphatic rings. The number of hydrogen-bond acceptors (Lipinski definition) is 8. The SMILES string of the molecule is CO[C@@H]1C(O)C(O)[C@H](Oc2ccc3cc(NC(C)=O)c(=O)oc3c2)OC1(C)C. The van der Waals surface area contributed by atoms with Gasteiger partial charge in [0.05, 0.1) is 5.60 Å². The topological polar surface area (TPSA) is 127 Å². The summed E-state index contributed by atoms with van der Waals surface area (Å²) >= 11 is 0. The Hall–Kier alpha value is -2.46. The molecule has 9 heteroatoms. The maximum Gasteiger partial charge on any atom is 0.360 e. The molecule has 2 unspecified atom stereocenters. The minimum Gasteiger partial charge on any atom is -0.462 e. The number of carbonyl (C=O) groups is 1. The highest BCUT2D eigenvalue weighted by atomic mass is 16.7. The Morgan fingerprint density at radius 1 is 1.21 bits per heavy atom. The number of amides is 1. The highest BCUT2D eigenvalue weighted by Crippen LogP contribution is 2.33. The van der Waals surface area contributed by atoms with Crippen LogP contribution in [0.3, 0.4) is 0 Å². The van der Waals surface area contributed by atoms with Gasteiger partial charge in [0.1, 0.15) is 35.3 Å². The summed E-state index contributed by atoms with van der Waals surface area (Å²) in [7, 11) is 1.42. The van der Waals surface area contributed by atoms with Crippen LogP contribution >= 0.6 is 0 Å². The first-order valence-corrected chi connectivity index (χ1v) is 8.71. The van der Waals surface area contributed by atoms with Gasteiger partial charge in [-0.1, -0.05) is 0 Å². The molecule has 3 rings (SSSR count). The molecule has 0 radical (unpaired) electrons. The van der Waals surface area contributed by atoms with Gasteiger partial charge in [-0.25, -0.2) is 4.79 Å². The number of methoxy groups -OCH3 is 1. The molecule has 0 aliphatic carbocycles. The van der Waals surface area contributed by atoms with E-state index in [1.807, 2.05) is 0 Å². The van der Waals surface area contributed by atoms with Crippen molar-refractivity contribution in [1.29, 1.82) is 0 Å². The van der Waals surface area contributed by atoms with E-state index >= 15 is 0 Å². The minimum atomic E-state index is -1.34. The van der Waals surface area contributed by atoms with Crippen molar-refractivity contribution in [1.82, 2.24) is 0 Å². The Morgan fingerprint density at radius 3 is 2.57 bits per heavy atom. The van der Waals surface area contributed by atoms with Crippen LogP contribution in [-0.4, -0.2) is 53.4 Å². The zero-order valence-electron chi connectivity index (χ0n) is 16.0. The molecule has 1 amide bonds. The summed E-state index contributed by atoms with van der Waals surface area (Å²) in [5.74, 6) is -0.114. The predicted octanol–water partition coefficient (Wildman–Crippen LogP) is 1.00. The second-order valence-electron chi connectivity index (χ2n) is 7.17. The van der Waals surface area contributed by atoms with E-state index in [2.05, 4.69) is 5.32 Å². The summed E-state index contributed by atoms with van der Waals surface area (Å²) in [6.45, 7) is 4.73. The second kappa shape index (κ2) is 7.51. The number of nitrogens with one attached hydrogen (secondary N) is 1. The largest absolute Gasteiger partial charge is 0.462 e. The van der Waals surface area contributed by atoms with Gasteiger partial charge in [0, 0.05) is 25.5 Å². The van der Waals surface area contributed by atoms with Gasteiger partial charge < -0.3 is 34.2 Å². The fraction of sp³-hybridized carbons (Fsp3) is 0.474. The number of aliphatic hydroxyl groups excluding tert-OH is 2. The first-order chi connectivity index (χ1) is 13.1. The Labute approximate surface area is 160 Å². The lowest BCUT2D eigenvalue weighted by atomic mass is 9.89. The van der Waals surface area contributed by atoms with Gasteiger partial charge in [0.25, 0.3) is 0 Å². The third-order valence-electron chi connectivity index (χ3n) is 4.57. The average Bonchev–Trinajstić information content (AvgIpc) is 2.60. The Morgan fingerprint density at radius 2 is 1.93 bits per heavy atom. The monoisotopic (exact) mass is 393 g/mol. The number of benzene rings is 1. The van der Waals surface area contributed by atoms with E-state index < -0.39 is 35.8 Å². The summed E-state index contributed by atoms with van der Waals surface area (Å²) in [6, 6.07) is 6.19. The van der Waals surface area contributed by atoms with E-state index in [1.54, 1.807) is 26.0 Å². The van der Waals surface area contributed by atoms with Crippen LogP contribution in [0.25, 0.3) is 11.0 Å². The summed E-state index contributed by atoms with van der Waals surface area (Å²) in [5.41, 5.74) is -1.34. The van der Waals surface area contributed by atoms with E-state index in [0.717, 1.165) is 0 Å². The summed E-state index contributed by atoms with van der Waals surface area (Å²) in [4.78, 5) is 23.1. The number of rotatable bonds is 4. The van der Waals surface area contributed by atoms with E-state index in [-0.39, 0.29) is 22.9 Å². The fourth-order valence-electron chi connectivity index (χ4n) is 3.28. The summed E-state index contributed by atoms with van der Waals surface area (Å²) in [5, 5.41) is 23.6. The van der Waals surface area contributed by atoms with Gasteiger partial charge in [-0.05, 0) is 32.0 Å². The smallest absolute Gasteiger partial charge is 0.360 e. The third kappa shape index (κ3) is 3.88. The zero-order valence-corrected chi connectivity index (χ0v) is 16.0. The second-order valence-corrected chi connectivity index (χ2v) is 7.17. The van der Waals surface area contributed by atoms with Crippen LogP contribution in [0.15, 0.2) is 33.5 Å². The lowest BCUT2D eigenvalue weighted by Gasteiger charge is -2.46. The molecular weight excluding hydrogens is 370 g/mol. The van der Waals surface area contributed by atoms with Gasteiger partial charge in [-0.2, -0.15) is 0 Å². The zero-order chi connectivity index (χ0) is 20.6. The molecule has 3 N–H and O–H groups in total. The van der Waals surface area contributed by atoms with Crippen molar-refractivity contribution in [3.05, 3.63) is 34.7 Å². The van der Waals surface area contributed by atoms with E-state index in [4.69, 9.17) is 18.6 Å².